The van der Waals surface area contributed by atoms with Crippen LogP contribution in [0.1, 0.15) is 35.4 Å². The zero-order valence-electron chi connectivity index (χ0n) is 13.9. The third kappa shape index (κ3) is 3.57. The Kier molecular flexibility index (Phi) is 4.76. The summed E-state index contributed by atoms with van der Waals surface area (Å²) in [5, 5.41) is 3.61. The number of hydrogen-bond acceptors (Lipinski definition) is 6. The van der Waals surface area contributed by atoms with Gasteiger partial charge in [-0.25, -0.2) is 0 Å². The molecule has 2 aliphatic heterocycles. The Morgan fingerprint density at radius 2 is 2.24 bits per heavy atom. The molecule has 1 amide bonds. The van der Waals surface area contributed by atoms with Gasteiger partial charge in [0.2, 0.25) is 5.76 Å². The average Bonchev–Trinajstić information content (AvgIpc) is 3.32. The Bertz CT molecular complexity index is 692. The molecule has 7 heteroatoms. The third-order valence-corrected chi connectivity index (χ3v) is 4.84. The standard InChI is InChI=1S/C18H21N3O4/c22-18(17-5-8-20-25-17)21-9-6-16-15(21)4-3-14(24-16)12-23-11-13-2-1-7-19-10-13/h1-2,5,7-8,10,14-16H,3-4,6,9,11-12H2/t14-,15+,16+/m1/s1. The van der Waals surface area contributed by atoms with Gasteiger partial charge in [0.15, 0.2) is 0 Å². The number of carbonyl (C=O) groups excluding carboxylic acids is 1. The third-order valence-electron chi connectivity index (χ3n) is 4.84. The fourth-order valence-corrected chi connectivity index (χ4v) is 3.63. The van der Waals surface area contributed by atoms with Gasteiger partial charge in [-0.1, -0.05) is 11.2 Å². The van der Waals surface area contributed by atoms with Crippen LogP contribution >= 0.6 is 0 Å². The smallest absolute Gasteiger partial charge is 0.292 e. The zero-order valence-corrected chi connectivity index (χ0v) is 13.9. The molecule has 3 atom stereocenters. The molecule has 2 aromatic heterocycles. The van der Waals surface area contributed by atoms with Crippen molar-refractivity contribution in [1.82, 2.24) is 15.0 Å². The Morgan fingerprint density at radius 3 is 3.04 bits per heavy atom. The van der Waals surface area contributed by atoms with Crippen LogP contribution in [0.4, 0.5) is 0 Å². The molecule has 25 heavy (non-hydrogen) atoms. The first kappa shape index (κ1) is 16.2. The lowest BCUT2D eigenvalue weighted by Gasteiger charge is -2.35. The van der Waals surface area contributed by atoms with E-state index in [1.165, 1.54) is 6.20 Å². The second-order valence-electron chi connectivity index (χ2n) is 6.48. The van der Waals surface area contributed by atoms with Gasteiger partial charge in [-0.05, 0) is 30.9 Å². The summed E-state index contributed by atoms with van der Waals surface area (Å²) in [5.41, 5.74) is 1.06. The minimum atomic E-state index is -0.0973. The topological polar surface area (TPSA) is 77.7 Å². The van der Waals surface area contributed by atoms with E-state index in [-0.39, 0.29) is 24.2 Å². The van der Waals surface area contributed by atoms with Crippen molar-refractivity contribution in [2.24, 2.45) is 0 Å². The van der Waals surface area contributed by atoms with Crippen molar-refractivity contribution < 1.29 is 18.8 Å². The summed E-state index contributed by atoms with van der Waals surface area (Å²) in [7, 11) is 0. The van der Waals surface area contributed by atoms with Crippen molar-refractivity contribution in [3.05, 3.63) is 48.1 Å². The quantitative estimate of drug-likeness (QED) is 0.827. The van der Waals surface area contributed by atoms with E-state index in [4.69, 9.17) is 14.0 Å². The Morgan fingerprint density at radius 1 is 1.28 bits per heavy atom. The minimum absolute atomic E-state index is 0.0765. The predicted molar refractivity (Wildman–Crippen MR) is 87.7 cm³/mol. The highest BCUT2D eigenvalue weighted by atomic mass is 16.5. The van der Waals surface area contributed by atoms with Crippen molar-refractivity contribution in [2.45, 2.75) is 44.1 Å². The van der Waals surface area contributed by atoms with Gasteiger partial charge in [-0.15, -0.1) is 0 Å². The fourth-order valence-electron chi connectivity index (χ4n) is 3.63. The summed E-state index contributed by atoms with van der Waals surface area (Å²) in [5.74, 6) is 0.197. The highest BCUT2D eigenvalue weighted by Gasteiger charge is 2.42. The van der Waals surface area contributed by atoms with Crippen LogP contribution in [0.5, 0.6) is 0 Å². The maximum atomic E-state index is 12.5. The summed E-state index contributed by atoms with van der Waals surface area (Å²) < 4.78 is 16.9. The maximum absolute atomic E-state index is 12.5. The molecule has 132 valence electrons. The van der Waals surface area contributed by atoms with E-state index in [0.717, 1.165) is 24.8 Å². The largest absolute Gasteiger partial charge is 0.374 e. The molecule has 0 N–H and O–H groups in total. The molecule has 2 saturated heterocycles. The molecule has 0 saturated carbocycles. The molecule has 0 aromatic carbocycles. The van der Waals surface area contributed by atoms with Gasteiger partial charge in [0, 0.05) is 25.0 Å². The van der Waals surface area contributed by atoms with E-state index in [1.54, 1.807) is 12.3 Å². The van der Waals surface area contributed by atoms with Gasteiger partial charge >= 0.3 is 0 Å². The number of aromatic nitrogens is 2. The van der Waals surface area contributed by atoms with Gasteiger partial charge in [-0.2, -0.15) is 0 Å². The van der Waals surface area contributed by atoms with E-state index in [0.29, 0.717) is 25.5 Å². The van der Waals surface area contributed by atoms with Crippen LogP contribution in [0.3, 0.4) is 0 Å². The zero-order chi connectivity index (χ0) is 17.1. The Balaban J connectivity index is 1.27. The fraction of sp³-hybridized carbons (Fsp3) is 0.500. The number of ether oxygens (including phenoxy) is 2. The number of hydrogen-bond donors (Lipinski definition) is 0. The van der Waals surface area contributed by atoms with Crippen molar-refractivity contribution in [1.29, 1.82) is 0 Å². The van der Waals surface area contributed by atoms with Crippen LogP contribution in [-0.4, -0.2) is 52.3 Å². The van der Waals surface area contributed by atoms with Gasteiger partial charge in [0.25, 0.3) is 5.91 Å². The number of carbonyl (C=O) groups is 1. The summed E-state index contributed by atoms with van der Waals surface area (Å²) >= 11 is 0. The van der Waals surface area contributed by atoms with E-state index in [2.05, 4.69) is 10.1 Å². The molecule has 2 aromatic rings. The Hall–Kier alpha value is -2.25. The molecule has 2 aliphatic rings. The normalized spacial score (nSPS) is 25.8. The number of pyridine rings is 1. The SMILES string of the molecule is O=C(c1ccno1)N1CC[C@@H]2O[C@@H](COCc3cccnc3)CC[C@@H]21. The van der Waals surface area contributed by atoms with Crippen molar-refractivity contribution >= 4 is 5.91 Å². The van der Waals surface area contributed by atoms with Gasteiger partial charge in [0.05, 0.1) is 37.7 Å². The monoisotopic (exact) mass is 343 g/mol. The lowest BCUT2D eigenvalue weighted by molar-refractivity contribution is -0.0989. The van der Waals surface area contributed by atoms with Gasteiger partial charge in [-0.3, -0.25) is 9.78 Å². The number of likely N-dealkylation sites (tertiary alicyclic amines) is 1. The van der Waals surface area contributed by atoms with E-state index in [1.807, 2.05) is 23.2 Å². The minimum Gasteiger partial charge on any atom is -0.374 e. The van der Waals surface area contributed by atoms with Crippen LogP contribution in [0.15, 0.2) is 41.3 Å². The number of nitrogens with zero attached hydrogens (tertiary/aromatic N) is 3. The maximum Gasteiger partial charge on any atom is 0.292 e. The van der Waals surface area contributed by atoms with Crippen LogP contribution in [0, 0.1) is 0 Å². The first-order valence-corrected chi connectivity index (χ1v) is 8.65. The lowest BCUT2D eigenvalue weighted by Crippen LogP contribution is -2.45. The van der Waals surface area contributed by atoms with Crippen molar-refractivity contribution in [3.8, 4) is 0 Å². The molecule has 0 spiro atoms. The second-order valence-corrected chi connectivity index (χ2v) is 6.48. The molecule has 7 nitrogen and oxygen atoms in total. The van der Waals surface area contributed by atoms with Gasteiger partial charge in [0.1, 0.15) is 0 Å². The van der Waals surface area contributed by atoms with E-state index >= 15 is 0 Å². The molecule has 2 fully saturated rings. The van der Waals surface area contributed by atoms with Crippen LogP contribution in [-0.2, 0) is 16.1 Å². The summed E-state index contributed by atoms with van der Waals surface area (Å²) in [6.45, 7) is 1.80. The summed E-state index contributed by atoms with van der Waals surface area (Å²) in [6, 6.07) is 5.62. The molecule has 0 bridgehead atoms. The highest BCUT2D eigenvalue weighted by molar-refractivity contribution is 5.91. The molecule has 4 heterocycles. The first-order valence-electron chi connectivity index (χ1n) is 8.65. The Labute approximate surface area is 145 Å². The first-order chi connectivity index (χ1) is 12.3. The molecular formula is C18H21N3O4. The van der Waals surface area contributed by atoms with Crippen LogP contribution < -0.4 is 0 Å². The second kappa shape index (κ2) is 7.33. The molecular weight excluding hydrogens is 322 g/mol. The van der Waals surface area contributed by atoms with E-state index in [9.17, 15) is 4.79 Å². The van der Waals surface area contributed by atoms with E-state index < -0.39 is 0 Å². The summed E-state index contributed by atoms with van der Waals surface area (Å²) in [6.07, 6.45) is 7.87. The average molecular weight is 343 g/mol. The molecule has 0 aliphatic carbocycles. The number of rotatable bonds is 5. The number of fused-ring (bicyclic) bond motifs is 1. The molecule has 4 rings (SSSR count). The van der Waals surface area contributed by atoms with Gasteiger partial charge < -0.3 is 18.9 Å². The van der Waals surface area contributed by atoms with Crippen molar-refractivity contribution in [2.75, 3.05) is 13.2 Å². The molecule has 0 radical (unpaired) electrons. The predicted octanol–water partition coefficient (Wildman–Crippen LogP) is 2.05. The highest BCUT2D eigenvalue weighted by Crippen LogP contribution is 2.32. The lowest BCUT2D eigenvalue weighted by atomic mass is 9.99. The number of amides is 1. The molecule has 0 unspecified atom stereocenters. The van der Waals surface area contributed by atoms with Crippen LogP contribution in [0.2, 0.25) is 0 Å². The summed E-state index contributed by atoms with van der Waals surface area (Å²) in [4.78, 5) is 18.4. The van der Waals surface area contributed by atoms with Crippen molar-refractivity contribution in [3.63, 3.8) is 0 Å². The van der Waals surface area contributed by atoms with Crippen LogP contribution in [0.25, 0.3) is 0 Å².